The van der Waals surface area contributed by atoms with Crippen molar-refractivity contribution in [2.45, 2.75) is 51.7 Å². The Morgan fingerprint density at radius 1 is 1.27 bits per heavy atom. The number of rotatable bonds is 7. The fraction of sp³-hybridized carbons (Fsp3) is 1.00. The minimum atomic E-state index is -0.0108. The average Bonchev–Trinajstić information content (AvgIpc) is 2.92. The van der Waals surface area contributed by atoms with Gasteiger partial charge in [0.2, 0.25) is 0 Å². The Labute approximate surface area is 94.0 Å². The van der Waals surface area contributed by atoms with E-state index in [1.54, 1.807) is 0 Å². The van der Waals surface area contributed by atoms with E-state index in [2.05, 4.69) is 25.7 Å². The molecule has 0 unspecified atom stereocenters. The van der Waals surface area contributed by atoms with E-state index in [0.29, 0.717) is 0 Å². The fourth-order valence-corrected chi connectivity index (χ4v) is 1.68. The van der Waals surface area contributed by atoms with Crippen LogP contribution in [0.25, 0.3) is 0 Å². The minimum absolute atomic E-state index is 0.0108. The number of hydrogen-bond acceptors (Lipinski definition) is 3. The molecule has 1 fully saturated rings. The maximum absolute atomic E-state index is 5.74. The van der Waals surface area contributed by atoms with Crippen LogP contribution in [-0.4, -0.2) is 42.8 Å². The quantitative estimate of drug-likeness (QED) is 0.700. The Morgan fingerprint density at radius 2 is 1.93 bits per heavy atom. The molecule has 15 heavy (non-hydrogen) atoms. The van der Waals surface area contributed by atoms with Crippen molar-refractivity contribution >= 4 is 0 Å². The Morgan fingerprint density at radius 3 is 2.40 bits per heavy atom. The molecule has 1 saturated carbocycles. The molecule has 0 aromatic rings. The molecule has 0 aliphatic heterocycles. The third-order valence-electron chi connectivity index (χ3n) is 2.63. The first-order chi connectivity index (χ1) is 7.03. The van der Waals surface area contributed by atoms with Crippen molar-refractivity contribution in [1.82, 2.24) is 4.90 Å². The van der Waals surface area contributed by atoms with E-state index in [4.69, 9.17) is 10.5 Å². The molecule has 0 spiro atoms. The average molecular weight is 214 g/mol. The van der Waals surface area contributed by atoms with E-state index in [1.807, 2.05) is 0 Å². The van der Waals surface area contributed by atoms with E-state index in [1.165, 1.54) is 12.8 Å². The molecule has 3 nitrogen and oxygen atoms in total. The van der Waals surface area contributed by atoms with Gasteiger partial charge in [-0.15, -0.1) is 0 Å². The summed E-state index contributed by atoms with van der Waals surface area (Å²) in [5, 5.41) is 0. The van der Waals surface area contributed by atoms with Gasteiger partial charge in [-0.2, -0.15) is 0 Å². The summed E-state index contributed by atoms with van der Waals surface area (Å²) in [6.45, 7) is 10.1. The maximum atomic E-state index is 5.74. The van der Waals surface area contributed by atoms with Gasteiger partial charge in [0.05, 0.1) is 12.2 Å². The van der Waals surface area contributed by atoms with Crippen LogP contribution in [0.2, 0.25) is 0 Å². The summed E-state index contributed by atoms with van der Waals surface area (Å²) < 4.78 is 5.74. The first-order valence-electron chi connectivity index (χ1n) is 6.11. The molecule has 1 aliphatic carbocycles. The van der Waals surface area contributed by atoms with Gasteiger partial charge in [-0.3, -0.25) is 4.90 Å². The predicted molar refractivity (Wildman–Crippen MR) is 64.0 cm³/mol. The van der Waals surface area contributed by atoms with Crippen LogP contribution in [0.1, 0.15) is 40.0 Å². The van der Waals surface area contributed by atoms with Crippen LogP contribution in [-0.2, 0) is 4.74 Å². The van der Waals surface area contributed by atoms with E-state index in [-0.39, 0.29) is 5.60 Å². The molecule has 0 saturated heterocycles. The number of ether oxygens (including phenoxy) is 1. The maximum Gasteiger partial charge on any atom is 0.0600 e. The first-order valence-corrected chi connectivity index (χ1v) is 6.11. The van der Waals surface area contributed by atoms with Crippen LogP contribution in [0.3, 0.4) is 0 Å². The van der Waals surface area contributed by atoms with E-state index in [0.717, 1.165) is 38.7 Å². The van der Waals surface area contributed by atoms with Gasteiger partial charge < -0.3 is 10.5 Å². The first kappa shape index (κ1) is 12.9. The fourth-order valence-electron chi connectivity index (χ4n) is 1.68. The molecule has 0 radical (unpaired) electrons. The molecule has 2 N–H and O–H groups in total. The lowest BCUT2D eigenvalue weighted by molar-refractivity contribution is -0.0140. The number of hydrogen-bond donors (Lipinski definition) is 1. The minimum Gasteiger partial charge on any atom is -0.375 e. The standard InChI is InChI=1S/C12H26N2O/c1-12(2,3)15-10-9-14(8-4-7-13)11-5-6-11/h11H,4-10,13H2,1-3H3. The summed E-state index contributed by atoms with van der Waals surface area (Å²) in [7, 11) is 0. The van der Waals surface area contributed by atoms with Crippen molar-refractivity contribution in [1.29, 1.82) is 0 Å². The summed E-state index contributed by atoms with van der Waals surface area (Å²) in [5.74, 6) is 0. The largest absolute Gasteiger partial charge is 0.375 e. The summed E-state index contributed by atoms with van der Waals surface area (Å²) in [5.41, 5.74) is 5.53. The monoisotopic (exact) mass is 214 g/mol. The zero-order valence-electron chi connectivity index (χ0n) is 10.5. The zero-order valence-corrected chi connectivity index (χ0v) is 10.5. The highest BCUT2D eigenvalue weighted by Crippen LogP contribution is 2.26. The van der Waals surface area contributed by atoms with Crippen LogP contribution >= 0.6 is 0 Å². The molecule has 0 amide bonds. The van der Waals surface area contributed by atoms with Crippen LogP contribution < -0.4 is 5.73 Å². The molecular weight excluding hydrogens is 188 g/mol. The highest BCUT2D eigenvalue weighted by molar-refractivity contribution is 4.84. The second kappa shape index (κ2) is 5.83. The van der Waals surface area contributed by atoms with Crippen molar-refractivity contribution in [2.24, 2.45) is 5.73 Å². The Hall–Kier alpha value is -0.120. The molecule has 0 heterocycles. The molecule has 0 aromatic carbocycles. The van der Waals surface area contributed by atoms with Gasteiger partial charge in [-0.05, 0) is 53.1 Å². The van der Waals surface area contributed by atoms with E-state index >= 15 is 0 Å². The smallest absolute Gasteiger partial charge is 0.0600 e. The van der Waals surface area contributed by atoms with Gasteiger partial charge in [-0.25, -0.2) is 0 Å². The second-order valence-electron chi connectivity index (χ2n) is 5.37. The van der Waals surface area contributed by atoms with Gasteiger partial charge in [0.15, 0.2) is 0 Å². The molecule has 1 rings (SSSR count). The van der Waals surface area contributed by atoms with Crippen molar-refractivity contribution in [3.05, 3.63) is 0 Å². The van der Waals surface area contributed by atoms with Gasteiger partial charge in [0.25, 0.3) is 0 Å². The van der Waals surface area contributed by atoms with Crippen molar-refractivity contribution in [3.63, 3.8) is 0 Å². The number of nitrogens with two attached hydrogens (primary N) is 1. The summed E-state index contributed by atoms with van der Waals surface area (Å²) in [4.78, 5) is 2.53. The molecular formula is C12H26N2O. The lowest BCUT2D eigenvalue weighted by Gasteiger charge is -2.25. The Balaban J connectivity index is 2.14. The van der Waals surface area contributed by atoms with Gasteiger partial charge in [0.1, 0.15) is 0 Å². The Kier molecular flexibility index (Phi) is 5.03. The van der Waals surface area contributed by atoms with Gasteiger partial charge >= 0.3 is 0 Å². The molecule has 0 atom stereocenters. The van der Waals surface area contributed by atoms with Crippen molar-refractivity contribution in [2.75, 3.05) is 26.2 Å². The lowest BCUT2D eigenvalue weighted by Crippen LogP contribution is -2.34. The molecule has 1 aliphatic rings. The SMILES string of the molecule is CC(C)(C)OCCN(CCCN)C1CC1. The summed E-state index contributed by atoms with van der Waals surface area (Å²) in [6.07, 6.45) is 3.83. The Bertz CT molecular complexity index is 173. The van der Waals surface area contributed by atoms with Crippen molar-refractivity contribution < 1.29 is 4.74 Å². The second-order valence-corrected chi connectivity index (χ2v) is 5.37. The third-order valence-corrected chi connectivity index (χ3v) is 2.63. The molecule has 0 bridgehead atoms. The summed E-state index contributed by atoms with van der Waals surface area (Å²) in [6, 6.07) is 0.820. The van der Waals surface area contributed by atoms with Gasteiger partial charge in [0, 0.05) is 12.6 Å². The van der Waals surface area contributed by atoms with E-state index in [9.17, 15) is 0 Å². The predicted octanol–water partition coefficient (Wildman–Crippen LogP) is 1.61. The summed E-state index contributed by atoms with van der Waals surface area (Å²) >= 11 is 0. The molecule has 90 valence electrons. The molecule has 0 aromatic heterocycles. The zero-order chi connectivity index (χ0) is 11.3. The van der Waals surface area contributed by atoms with Crippen LogP contribution in [0.4, 0.5) is 0 Å². The topological polar surface area (TPSA) is 38.5 Å². The van der Waals surface area contributed by atoms with Crippen LogP contribution in [0, 0.1) is 0 Å². The van der Waals surface area contributed by atoms with Crippen LogP contribution in [0.15, 0.2) is 0 Å². The molecule has 3 heteroatoms. The highest BCUT2D eigenvalue weighted by atomic mass is 16.5. The van der Waals surface area contributed by atoms with Crippen molar-refractivity contribution in [3.8, 4) is 0 Å². The van der Waals surface area contributed by atoms with E-state index < -0.39 is 0 Å². The highest BCUT2D eigenvalue weighted by Gasteiger charge is 2.28. The van der Waals surface area contributed by atoms with Gasteiger partial charge in [-0.1, -0.05) is 0 Å². The lowest BCUT2D eigenvalue weighted by atomic mass is 10.2. The number of nitrogens with zero attached hydrogens (tertiary/aromatic N) is 1. The third kappa shape index (κ3) is 6.13. The normalized spacial score (nSPS) is 17.4. The van der Waals surface area contributed by atoms with Crippen LogP contribution in [0.5, 0.6) is 0 Å².